The van der Waals surface area contributed by atoms with Crippen molar-refractivity contribution >= 4 is 32.5 Å². The lowest BCUT2D eigenvalue weighted by molar-refractivity contribution is 0.601. The number of hydrogen-bond donors (Lipinski definition) is 0. The average molecular weight is 401 g/mol. The fraction of sp³-hybridized carbons (Fsp3) is 0.381. The summed E-state index contributed by atoms with van der Waals surface area (Å²) >= 11 is 1.62. The van der Waals surface area contributed by atoms with Gasteiger partial charge in [-0.15, -0.1) is 0 Å². The molecular formula is C21H24N2O2S2. The second-order valence-electron chi connectivity index (χ2n) is 7.24. The zero-order chi connectivity index (χ0) is 19.0. The second-order valence-corrected chi connectivity index (χ2v) is 10.6. The van der Waals surface area contributed by atoms with Crippen LogP contribution in [0.3, 0.4) is 0 Å². The number of aryl methyl sites for hydroxylation is 2. The zero-order valence-corrected chi connectivity index (χ0v) is 17.3. The molecule has 142 valence electrons. The van der Waals surface area contributed by atoms with Gasteiger partial charge >= 0.3 is 0 Å². The summed E-state index contributed by atoms with van der Waals surface area (Å²) in [6.07, 6.45) is 1.01. The van der Waals surface area contributed by atoms with Crippen LogP contribution in [0, 0.1) is 6.92 Å². The van der Waals surface area contributed by atoms with Gasteiger partial charge in [-0.25, -0.2) is 8.42 Å². The molecule has 4 rings (SSSR count). The molecule has 0 saturated carbocycles. The number of hydrogen-bond acceptors (Lipinski definition) is 5. The van der Waals surface area contributed by atoms with Crippen LogP contribution in [0.1, 0.15) is 23.6 Å². The van der Waals surface area contributed by atoms with Crippen molar-refractivity contribution in [1.29, 1.82) is 0 Å². The van der Waals surface area contributed by atoms with Crippen LogP contribution in [0.4, 0.5) is 5.69 Å². The quantitative estimate of drug-likeness (QED) is 0.783. The maximum absolute atomic E-state index is 11.9. The number of amidine groups is 1. The number of thioether (sulfide) groups is 1. The van der Waals surface area contributed by atoms with E-state index < -0.39 is 9.84 Å². The Morgan fingerprint density at radius 2 is 1.85 bits per heavy atom. The lowest BCUT2D eigenvalue weighted by Gasteiger charge is -2.26. The van der Waals surface area contributed by atoms with Crippen LogP contribution in [0.15, 0.2) is 53.5 Å². The van der Waals surface area contributed by atoms with Crippen molar-refractivity contribution in [3.63, 3.8) is 0 Å². The van der Waals surface area contributed by atoms with E-state index in [1.165, 1.54) is 16.7 Å². The van der Waals surface area contributed by atoms with Crippen LogP contribution in [0.5, 0.6) is 0 Å². The molecule has 27 heavy (non-hydrogen) atoms. The maximum atomic E-state index is 11.9. The molecular weight excluding hydrogens is 376 g/mol. The number of aliphatic imine (C=N–C) groups is 1. The molecule has 0 aliphatic carbocycles. The molecule has 2 aromatic rings. The van der Waals surface area contributed by atoms with Gasteiger partial charge < -0.3 is 4.90 Å². The van der Waals surface area contributed by atoms with Crippen LogP contribution < -0.4 is 4.90 Å². The van der Waals surface area contributed by atoms with Gasteiger partial charge in [0.1, 0.15) is 0 Å². The van der Waals surface area contributed by atoms with Crippen molar-refractivity contribution in [2.75, 3.05) is 16.4 Å². The van der Waals surface area contributed by atoms with Gasteiger partial charge in [-0.3, -0.25) is 4.99 Å². The Morgan fingerprint density at radius 3 is 2.52 bits per heavy atom. The van der Waals surface area contributed by atoms with Crippen molar-refractivity contribution < 1.29 is 8.42 Å². The molecule has 1 saturated heterocycles. The number of fused-ring (bicyclic) bond motifs is 1. The Labute approximate surface area is 165 Å². The molecule has 2 heterocycles. The molecule has 0 bridgehead atoms. The van der Waals surface area contributed by atoms with Crippen LogP contribution in [-0.4, -0.2) is 36.4 Å². The Bertz CT molecular complexity index is 968. The monoisotopic (exact) mass is 400 g/mol. The highest BCUT2D eigenvalue weighted by molar-refractivity contribution is 8.15. The van der Waals surface area contributed by atoms with E-state index in [9.17, 15) is 8.42 Å². The number of sulfone groups is 1. The normalized spacial score (nSPS) is 23.1. The van der Waals surface area contributed by atoms with Gasteiger partial charge in [-0.05, 0) is 42.2 Å². The summed E-state index contributed by atoms with van der Waals surface area (Å²) in [5.41, 5.74) is 4.91. The summed E-state index contributed by atoms with van der Waals surface area (Å²) < 4.78 is 23.8. The summed E-state index contributed by atoms with van der Waals surface area (Å²) in [6, 6.07) is 16.9. The third kappa shape index (κ3) is 3.92. The Hall–Kier alpha value is -1.79. The highest BCUT2D eigenvalue weighted by Gasteiger charge is 2.44. The molecule has 2 atom stereocenters. The molecule has 2 aliphatic rings. The first kappa shape index (κ1) is 18.6. The van der Waals surface area contributed by atoms with E-state index in [1.807, 2.05) is 0 Å². The Kier molecular flexibility index (Phi) is 5.03. The molecule has 1 fully saturated rings. The van der Waals surface area contributed by atoms with E-state index in [2.05, 4.69) is 67.3 Å². The standard InChI is InChI=1S/C21H24N2O2S2/c1-3-16-8-10-18(11-9-16)23(12-17-7-5-4-6-15(17)2)21-22-19-13-27(24,25)14-20(19)26-21/h4-11,19-20H,3,12-14H2,1-2H3/t19-,20-/m1/s1. The highest BCUT2D eigenvalue weighted by atomic mass is 32.2. The first-order valence-corrected chi connectivity index (χ1v) is 12.0. The number of benzene rings is 2. The van der Waals surface area contributed by atoms with Crippen LogP contribution in [0.2, 0.25) is 0 Å². The molecule has 0 unspecified atom stereocenters. The second kappa shape index (κ2) is 7.32. The topological polar surface area (TPSA) is 49.7 Å². The fourth-order valence-electron chi connectivity index (χ4n) is 3.61. The van der Waals surface area contributed by atoms with E-state index in [0.29, 0.717) is 0 Å². The summed E-state index contributed by atoms with van der Waals surface area (Å²) in [5.74, 6) is 0.420. The van der Waals surface area contributed by atoms with Crippen LogP contribution >= 0.6 is 11.8 Å². The minimum Gasteiger partial charge on any atom is -0.317 e. The minimum absolute atomic E-state index is 0.0549. The first-order valence-electron chi connectivity index (χ1n) is 9.31. The third-order valence-corrected chi connectivity index (χ3v) is 8.53. The highest BCUT2D eigenvalue weighted by Crippen LogP contribution is 2.37. The van der Waals surface area contributed by atoms with E-state index in [-0.39, 0.29) is 22.8 Å². The Morgan fingerprint density at radius 1 is 1.11 bits per heavy atom. The lowest BCUT2D eigenvalue weighted by atomic mass is 10.1. The first-order chi connectivity index (χ1) is 12.9. The summed E-state index contributed by atoms with van der Waals surface area (Å²) in [6.45, 7) is 5.01. The van der Waals surface area contributed by atoms with Crippen molar-refractivity contribution in [3.8, 4) is 0 Å². The van der Waals surface area contributed by atoms with E-state index >= 15 is 0 Å². The van der Waals surface area contributed by atoms with Crippen molar-refractivity contribution in [2.24, 2.45) is 4.99 Å². The van der Waals surface area contributed by atoms with Gasteiger partial charge in [-0.1, -0.05) is 55.1 Å². The van der Waals surface area contributed by atoms with Gasteiger partial charge in [-0.2, -0.15) is 0 Å². The Balaban J connectivity index is 1.67. The van der Waals surface area contributed by atoms with E-state index in [4.69, 9.17) is 4.99 Å². The van der Waals surface area contributed by atoms with E-state index in [0.717, 1.165) is 23.8 Å². The largest absolute Gasteiger partial charge is 0.317 e. The van der Waals surface area contributed by atoms with E-state index in [1.54, 1.807) is 11.8 Å². The predicted octanol–water partition coefficient (Wildman–Crippen LogP) is 3.83. The van der Waals surface area contributed by atoms with Crippen LogP contribution in [-0.2, 0) is 22.8 Å². The fourth-order valence-corrected chi connectivity index (χ4v) is 7.39. The number of nitrogens with zero attached hydrogens (tertiary/aromatic N) is 2. The summed E-state index contributed by atoms with van der Waals surface area (Å²) in [7, 11) is -2.94. The molecule has 0 spiro atoms. The molecule has 0 aromatic heterocycles. The molecule has 0 radical (unpaired) electrons. The van der Waals surface area contributed by atoms with Crippen molar-refractivity contribution in [1.82, 2.24) is 0 Å². The molecule has 2 aromatic carbocycles. The molecule has 4 nitrogen and oxygen atoms in total. The van der Waals surface area contributed by atoms with Gasteiger partial charge in [0.2, 0.25) is 0 Å². The summed E-state index contributed by atoms with van der Waals surface area (Å²) in [5, 5.41) is 0.992. The maximum Gasteiger partial charge on any atom is 0.164 e. The number of anilines is 1. The van der Waals surface area contributed by atoms with Gasteiger partial charge in [0.05, 0.1) is 24.1 Å². The molecule has 2 aliphatic heterocycles. The van der Waals surface area contributed by atoms with Crippen LogP contribution in [0.25, 0.3) is 0 Å². The lowest BCUT2D eigenvalue weighted by Crippen LogP contribution is -2.28. The third-order valence-electron chi connectivity index (χ3n) is 5.28. The van der Waals surface area contributed by atoms with Crippen molar-refractivity contribution in [2.45, 2.75) is 38.1 Å². The summed E-state index contributed by atoms with van der Waals surface area (Å²) in [4.78, 5) is 7.05. The minimum atomic E-state index is -2.94. The van der Waals surface area contributed by atoms with Gasteiger partial charge in [0, 0.05) is 10.9 Å². The van der Waals surface area contributed by atoms with Gasteiger partial charge in [0.25, 0.3) is 0 Å². The average Bonchev–Trinajstić information content (AvgIpc) is 3.14. The molecule has 0 amide bonds. The smallest absolute Gasteiger partial charge is 0.164 e. The molecule has 6 heteroatoms. The predicted molar refractivity (Wildman–Crippen MR) is 114 cm³/mol. The molecule has 0 N–H and O–H groups in total. The number of rotatable bonds is 4. The van der Waals surface area contributed by atoms with Crippen molar-refractivity contribution in [3.05, 3.63) is 65.2 Å². The SMILES string of the molecule is CCc1ccc(N(Cc2ccccc2C)C2=N[C@@H]3CS(=O)(=O)C[C@H]3S2)cc1. The van der Waals surface area contributed by atoms with Gasteiger partial charge in [0.15, 0.2) is 15.0 Å². The zero-order valence-electron chi connectivity index (χ0n) is 15.6.